The van der Waals surface area contributed by atoms with Crippen LogP contribution in [0, 0.1) is 0 Å². The first kappa shape index (κ1) is 25.8. The molecule has 0 radical (unpaired) electrons. The quantitative estimate of drug-likeness (QED) is 0.295. The van der Waals surface area contributed by atoms with E-state index in [0.717, 1.165) is 30.3 Å². The number of hydrogen-bond acceptors (Lipinski definition) is 6. The van der Waals surface area contributed by atoms with Gasteiger partial charge in [0.15, 0.2) is 23.0 Å². The average molecular weight is 386 g/mol. The predicted octanol–water partition coefficient (Wildman–Crippen LogP) is 3.28. The lowest BCUT2D eigenvalue weighted by atomic mass is 10.1. The van der Waals surface area contributed by atoms with E-state index in [4.69, 9.17) is 26.2 Å². The van der Waals surface area contributed by atoms with Gasteiger partial charge in [-0.05, 0) is 61.2 Å². The number of aromatic hydroxyl groups is 4. The first-order valence-electron chi connectivity index (χ1n) is 7.63. The lowest BCUT2D eigenvalue weighted by molar-refractivity contribution is -0.107. The molecule has 0 aliphatic carbocycles. The van der Waals surface area contributed by atoms with Crippen LogP contribution in [-0.2, 0) is 17.6 Å². The molecule has 0 saturated carbocycles. The zero-order valence-corrected chi connectivity index (χ0v) is 14.6. The van der Waals surface area contributed by atoms with Crippen molar-refractivity contribution in [2.75, 3.05) is 6.54 Å². The zero-order valence-electron chi connectivity index (χ0n) is 13.8. The molecule has 0 atom stereocenters. The maximum absolute atomic E-state index is 10.0. The molecule has 2 aromatic carbocycles. The highest BCUT2D eigenvalue weighted by Gasteiger charge is 2.00. The second kappa shape index (κ2) is 13.8. The lowest BCUT2D eigenvalue weighted by Gasteiger charge is -2.01. The molecular weight excluding hydrogens is 358 g/mol. The Labute approximate surface area is 160 Å². The summed E-state index contributed by atoms with van der Waals surface area (Å²) >= 11 is 0. The number of phenols is 4. The molecule has 2 aromatic rings. The van der Waals surface area contributed by atoms with E-state index in [-0.39, 0.29) is 42.8 Å². The molecule has 0 aliphatic heterocycles. The van der Waals surface area contributed by atoms with Crippen LogP contribution in [-0.4, -0.2) is 33.3 Å². The van der Waals surface area contributed by atoms with Crippen molar-refractivity contribution in [2.24, 2.45) is 5.73 Å². The smallest absolute Gasteiger partial charge is 0.157 e. The number of aldehydes is 1. The minimum Gasteiger partial charge on any atom is -0.504 e. The van der Waals surface area contributed by atoms with E-state index in [1.54, 1.807) is 12.1 Å². The molecule has 0 saturated heterocycles. The van der Waals surface area contributed by atoms with Gasteiger partial charge in [0.2, 0.25) is 0 Å². The number of aryl methyl sites for hydroxylation is 1. The second-order valence-electron chi connectivity index (χ2n) is 5.24. The van der Waals surface area contributed by atoms with Crippen LogP contribution >= 0.6 is 12.4 Å². The second-order valence-corrected chi connectivity index (χ2v) is 5.24. The van der Waals surface area contributed by atoms with Crippen LogP contribution in [0.25, 0.3) is 0 Å². The van der Waals surface area contributed by atoms with E-state index in [2.05, 4.69) is 0 Å². The number of hydrogen-bond donors (Lipinski definition) is 5. The van der Waals surface area contributed by atoms with Crippen molar-refractivity contribution in [3.05, 3.63) is 47.5 Å². The van der Waals surface area contributed by atoms with E-state index in [0.29, 0.717) is 19.4 Å². The van der Waals surface area contributed by atoms with Crippen LogP contribution in [0.4, 0.5) is 0 Å². The highest BCUT2D eigenvalue weighted by atomic mass is 35.5. The van der Waals surface area contributed by atoms with Gasteiger partial charge in [-0.15, -0.1) is 12.4 Å². The van der Waals surface area contributed by atoms with Gasteiger partial charge in [0.1, 0.15) is 6.29 Å². The number of unbranched alkanes of at least 4 members (excludes halogenated alkanes) is 1. The topological polar surface area (TPSA) is 124 Å². The van der Waals surface area contributed by atoms with E-state index in [1.807, 2.05) is 0 Å². The van der Waals surface area contributed by atoms with Crippen molar-refractivity contribution >= 4 is 18.7 Å². The van der Waals surface area contributed by atoms with Gasteiger partial charge in [-0.1, -0.05) is 19.6 Å². The Morgan fingerprint density at radius 1 is 0.808 bits per heavy atom. The maximum atomic E-state index is 10.0. The fourth-order valence-electron chi connectivity index (χ4n) is 2.01. The average Bonchev–Trinajstić information content (AvgIpc) is 2.55. The summed E-state index contributed by atoms with van der Waals surface area (Å²) in [5.74, 6) is -0.399. The SMILES string of the molecule is C.Cl.NCCc1ccc(O)c(O)c1.O=CCCCc1ccc(O)c(O)c1. The van der Waals surface area contributed by atoms with Crippen molar-refractivity contribution in [1.82, 2.24) is 0 Å². The van der Waals surface area contributed by atoms with Crippen LogP contribution in [0.1, 0.15) is 31.4 Å². The third kappa shape index (κ3) is 9.15. The van der Waals surface area contributed by atoms with Crippen LogP contribution in [0.5, 0.6) is 23.0 Å². The number of nitrogens with two attached hydrogens (primary N) is 1. The largest absolute Gasteiger partial charge is 0.504 e. The summed E-state index contributed by atoms with van der Waals surface area (Å²) in [7, 11) is 0. The molecule has 0 aliphatic rings. The van der Waals surface area contributed by atoms with Crippen molar-refractivity contribution < 1.29 is 25.2 Å². The molecule has 0 bridgehead atoms. The molecule has 6 nitrogen and oxygen atoms in total. The molecular formula is C19H28ClNO5. The first-order valence-corrected chi connectivity index (χ1v) is 7.63. The monoisotopic (exact) mass is 385 g/mol. The summed E-state index contributed by atoms with van der Waals surface area (Å²) in [4.78, 5) is 10.0. The van der Waals surface area contributed by atoms with Gasteiger partial charge in [0.25, 0.3) is 0 Å². The van der Waals surface area contributed by atoms with Crippen LogP contribution in [0.3, 0.4) is 0 Å². The van der Waals surface area contributed by atoms with Gasteiger partial charge >= 0.3 is 0 Å². The molecule has 146 valence electrons. The Kier molecular flexibility index (Phi) is 13.7. The number of carbonyl (C=O) groups excluding carboxylic acids is 1. The summed E-state index contributed by atoms with van der Waals surface area (Å²) in [5, 5.41) is 36.1. The van der Waals surface area contributed by atoms with Crippen molar-refractivity contribution in [3.8, 4) is 23.0 Å². The van der Waals surface area contributed by atoms with Crippen molar-refractivity contribution in [1.29, 1.82) is 0 Å². The molecule has 26 heavy (non-hydrogen) atoms. The number of rotatable bonds is 6. The summed E-state index contributed by atoms with van der Waals surface area (Å²) in [6, 6.07) is 9.41. The Hall–Kier alpha value is -2.44. The van der Waals surface area contributed by atoms with Gasteiger partial charge in [-0.2, -0.15) is 0 Å². The normalized spacial score (nSPS) is 9.12. The lowest BCUT2D eigenvalue weighted by Crippen LogP contribution is -2.02. The predicted molar refractivity (Wildman–Crippen MR) is 105 cm³/mol. The summed E-state index contributed by atoms with van der Waals surface area (Å²) in [6.07, 6.45) is 3.63. The molecule has 0 spiro atoms. The van der Waals surface area contributed by atoms with E-state index >= 15 is 0 Å². The van der Waals surface area contributed by atoms with Crippen LogP contribution < -0.4 is 5.73 Å². The third-order valence-electron chi connectivity index (χ3n) is 3.30. The molecule has 6 N–H and O–H groups in total. The molecule has 2 rings (SSSR count). The van der Waals surface area contributed by atoms with E-state index in [9.17, 15) is 4.79 Å². The minimum absolute atomic E-state index is 0. The standard InChI is InChI=1S/C10H12O3.C8H11NO2.CH4.ClH/c11-6-2-1-3-8-4-5-9(12)10(13)7-8;9-4-3-6-1-2-7(10)8(11)5-6;;/h4-7,12-13H,1-3H2;1-2,5,10-11H,3-4,9H2;1H4;1H. The highest BCUT2D eigenvalue weighted by Crippen LogP contribution is 2.25. The summed E-state index contributed by atoms with van der Waals surface area (Å²) in [6.45, 7) is 0.546. The fraction of sp³-hybridized carbons (Fsp3) is 0.316. The molecule has 0 aromatic heterocycles. The molecule has 0 unspecified atom stereocenters. The summed E-state index contributed by atoms with van der Waals surface area (Å²) < 4.78 is 0. The molecule has 0 fully saturated rings. The molecule has 0 amide bonds. The fourth-order valence-corrected chi connectivity index (χ4v) is 2.01. The number of halogens is 1. The van der Waals surface area contributed by atoms with E-state index < -0.39 is 0 Å². The Morgan fingerprint density at radius 2 is 1.27 bits per heavy atom. The number of phenolic OH excluding ortho intramolecular Hbond substituents is 4. The zero-order chi connectivity index (χ0) is 17.9. The summed E-state index contributed by atoms with van der Waals surface area (Å²) in [5.41, 5.74) is 7.17. The van der Waals surface area contributed by atoms with Gasteiger partial charge in [0, 0.05) is 6.42 Å². The van der Waals surface area contributed by atoms with Gasteiger partial charge in [-0.25, -0.2) is 0 Å². The number of carbonyl (C=O) groups is 1. The maximum Gasteiger partial charge on any atom is 0.157 e. The highest BCUT2D eigenvalue weighted by molar-refractivity contribution is 5.85. The third-order valence-corrected chi connectivity index (χ3v) is 3.30. The van der Waals surface area contributed by atoms with Crippen LogP contribution in [0.2, 0.25) is 0 Å². The molecule has 7 heteroatoms. The van der Waals surface area contributed by atoms with Crippen molar-refractivity contribution in [3.63, 3.8) is 0 Å². The minimum atomic E-state index is -0.112. The van der Waals surface area contributed by atoms with E-state index in [1.165, 1.54) is 24.3 Å². The number of benzene rings is 2. The van der Waals surface area contributed by atoms with Gasteiger partial charge < -0.3 is 31.0 Å². The Bertz CT molecular complexity index is 664. The van der Waals surface area contributed by atoms with Gasteiger partial charge in [0.05, 0.1) is 0 Å². The Balaban J connectivity index is 0. The van der Waals surface area contributed by atoms with Crippen molar-refractivity contribution in [2.45, 2.75) is 33.1 Å². The molecule has 0 heterocycles. The first-order chi connectivity index (χ1) is 11.5. The Morgan fingerprint density at radius 3 is 1.65 bits per heavy atom. The van der Waals surface area contributed by atoms with Gasteiger partial charge in [-0.3, -0.25) is 0 Å². The van der Waals surface area contributed by atoms with Crippen LogP contribution in [0.15, 0.2) is 36.4 Å².